The second-order valence-corrected chi connectivity index (χ2v) is 29.7. The van der Waals surface area contributed by atoms with E-state index in [-0.39, 0.29) is 0 Å². The zero-order chi connectivity index (χ0) is 81.7. The average molecular weight is 1600 g/mol. The topological polar surface area (TPSA) is 298 Å². The number of ether oxygens (including phenoxy) is 4. The van der Waals surface area contributed by atoms with Gasteiger partial charge in [0.05, 0.1) is 31.3 Å². The normalized spacial score (nSPS) is 13.3. The Labute approximate surface area is 692 Å². The lowest BCUT2D eigenvalue weighted by atomic mass is 9.78. The molecule has 24 nitrogen and oxygen atoms in total. The standard InChI is InChI=1S/C20H19N3O3.C20H21N3O3.C19H19N3O.C18H13N3OS.C17H17N3O/c1-3-24-17-8-7-15(12-18(17)25-4-2)20-22-19(23-26-20)14-6-5-13-9-10-21-16(13)11-14;1-3-24-17-9-8-13(12-18(17)25-4-2)20-22-19(23-26-20)15-6-5-7-16-14(15)10-11-21-16;1-2-4-14(5-3-1)15-6-8-17(9-7-15)19-21-18(22-23-19)16-10-12-20-13-11-16;1-12-15(13-5-3-2-4-6-13)11-16(23-12)18-20-17(21-22-18)14-7-9-19-10-8-14;1-12(2)10-13-4-3-5-15(11-13)17-19-16(20-21-17)14-6-8-18-9-7-14/h5-12,21H,3-4H2,1-2H3;5-9,12,21H,3-4,10-11H2,1-2H3;1-5,10-13,15,17H,6-9H2;2-11H,1H3;3-9,11-12H,10H2,1-2H3. The molecule has 7 aromatic carbocycles. The first-order chi connectivity index (χ1) is 58.5. The van der Waals surface area contributed by atoms with E-state index in [1.54, 1.807) is 48.5 Å². The van der Waals surface area contributed by atoms with Crippen molar-refractivity contribution in [1.29, 1.82) is 0 Å². The number of rotatable bonds is 22. The number of nitrogens with one attached hydrogen (secondary N) is 2. The molecule has 1 fully saturated rings. The van der Waals surface area contributed by atoms with Crippen molar-refractivity contribution in [3.63, 3.8) is 0 Å². The lowest BCUT2D eigenvalue weighted by molar-refractivity contribution is 0.288. The van der Waals surface area contributed by atoms with Crippen molar-refractivity contribution in [1.82, 2.24) is 70.6 Å². The number of thiophene rings is 1. The van der Waals surface area contributed by atoms with Crippen LogP contribution in [0, 0.1) is 12.8 Å². The molecule has 11 heterocycles. The molecular weight excluding hydrogens is 1520 g/mol. The third kappa shape index (κ3) is 20.1. The Morgan fingerprint density at radius 2 is 0.899 bits per heavy atom. The Balaban J connectivity index is 0.000000116. The molecule has 0 spiro atoms. The van der Waals surface area contributed by atoms with Crippen molar-refractivity contribution in [3.8, 4) is 136 Å². The number of benzene rings is 7. The molecule has 17 aromatic rings. The van der Waals surface area contributed by atoms with Gasteiger partial charge in [0.25, 0.3) is 23.6 Å². The summed E-state index contributed by atoms with van der Waals surface area (Å²) in [4.78, 5) is 40.1. The molecule has 0 unspecified atom stereocenters. The minimum Gasteiger partial charge on any atom is -0.490 e. The smallest absolute Gasteiger partial charge is 0.268 e. The van der Waals surface area contributed by atoms with Gasteiger partial charge in [-0.1, -0.05) is 137 Å². The first-order valence-corrected chi connectivity index (χ1v) is 40.8. The van der Waals surface area contributed by atoms with Gasteiger partial charge in [0, 0.05) is 116 Å². The number of aromatic nitrogens is 14. The van der Waals surface area contributed by atoms with Crippen LogP contribution in [0.1, 0.15) is 107 Å². The van der Waals surface area contributed by atoms with Gasteiger partial charge >= 0.3 is 0 Å². The summed E-state index contributed by atoms with van der Waals surface area (Å²) >= 11 is 1.66. The SMILES string of the molecule is CC(C)Cc1cccc(-c2nc(-c3ccncc3)no2)c1.CCOc1ccc(-c2nc(-c3ccc4cc[nH]c4c3)no2)cc1OCC.CCOc1ccc(-c2nc(-c3cccc4c3CCN4)no2)cc1OCC.Cc1sc(-c2nc(-c3ccncc3)no2)cc1-c1ccccc1.c1ccc(C2CCC(c3nc(-c4ccncc4)no3)CC2)cc1. The maximum absolute atomic E-state index is 5.68. The summed E-state index contributed by atoms with van der Waals surface area (Å²) in [5.41, 5.74) is 15.8. The molecule has 0 saturated heterocycles. The molecule has 2 aliphatic rings. The Bertz CT molecular complexity index is 6060. The summed E-state index contributed by atoms with van der Waals surface area (Å²) in [6.45, 7) is 17.5. The van der Waals surface area contributed by atoms with E-state index in [4.69, 9.17) is 41.6 Å². The molecule has 600 valence electrons. The summed E-state index contributed by atoms with van der Waals surface area (Å²) in [7, 11) is 0. The second kappa shape index (κ2) is 39.0. The maximum atomic E-state index is 5.68. The summed E-state index contributed by atoms with van der Waals surface area (Å²) in [6, 6.07) is 68.2. The maximum Gasteiger partial charge on any atom is 0.268 e. The molecule has 0 atom stereocenters. The summed E-state index contributed by atoms with van der Waals surface area (Å²) in [6.07, 6.45) is 18.9. The van der Waals surface area contributed by atoms with E-state index in [2.05, 4.69) is 163 Å². The molecule has 0 amide bonds. The van der Waals surface area contributed by atoms with Crippen molar-refractivity contribution in [2.45, 2.75) is 98.8 Å². The summed E-state index contributed by atoms with van der Waals surface area (Å²) in [5.74, 6) is 10.2. The van der Waals surface area contributed by atoms with Crippen LogP contribution in [0.3, 0.4) is 0 Å². The van der Waals surface area contributed by atoms with E-state index in [1.165, 1.54) is 45.5 Å². The predicted octanol–water partition coefficient (Wildman–Crippen LogP) is 22.3. The van der Waals surface area contributed by atoms with Crippen LogP contribution < -0.4 is 24.3 Å². The van der Waals surface area contributed by atoms with Crippen molar-refractivity contribution in [3.05, 3.63) is 277 Å². The van der Waals surface area contributed by atoms with Gasteiger partial charge in [-0.15, -0.1) is 11.3 Å². The van der Waals surface area contributed by atoms with E-state index in [0.717, 1.165) is 104 Å². The molecule has 0 radical (unpaired) electrons. The van der Waals surface area contributed by atoms with Crippen molar-refractivity contribution >= 4 is 27.9 Å². The number of aromatic amines is 1. The van der Waals surface area contributed by atoms with Crippen LogP contribution in [0.2, 0.25) is 0 Å². The highest BCUT2D eigenvalue weighted by atomic mass is 32.1. The van der Waals surface area contributed by atoms with Gasteiger partial charge in [0.2, 0.25) is 35.0 Å². The molecule has 1 aliphatic heterocycles. The first-order valence-electron chi connectivity index (χ1n) is 39.9. The highest BCUT2D eigenvalue weighted by Gasteiger charge is 2.28. The third-order valence-corrected chi connectivity index (χ3v) is 20.9. The van der Waals surface area contributed by atoms with E-state index in [9.17, 15) is 0 Å². The lowest BCUT2D eigenvalue weighted by Crippen LogP contribution is -2.12. The zero-order valence-corrected chi connectivity index (χ0v) is 67.9. The summed E-state index contributed by atoms with van der Waals surface area (Å²) in [5, 5.41) is 25.1. The quantitative estimate of drug-likeness (QED) is 0.0637. The fraction of sp³-hybridized carbons (Fsp3) is 0.223. The Morgan fingerprint density at radius 3 is 1.49 bits per heavy atom. The van der Waals surface area contributed by atoms with Crippen LogP contribution >= 0.6 is 11.3 Å². The van der Waals surface area contributed by atoms with Gasteiger partial charge < -0.3 is 51.9 Å². The number of pyridine rings is 3. The fourth-order valence-electron chi connectivity index (χ4n) is 14.1. The van der Waals surface area contributed by atoms with E-state index in [0.29, 0.717) is 120 Å². The zero-order valence-electron chi connectivity index (χ0n) is 67.1. The molecule has 1 aliphatic carbocycles. The van der Waals surface area contributed by atoms with Crippen molar-refractivity contribution in [2.75, 3.05) is 38.3 Å². The van der Waals surface area contributed by atoms with Gasteiger partial charge in [0.1, 0.15) is 0 Å². The Kier molecular flexibility index (Phi) is 26.3. The van der Waals surface area contributed by atoms with Gasteiger partial charge in [-0.25, -0.2) is 0 Å². The Hall–Kier alpha value is -14.1. The number of aryl methyl sites for hydroxylation is 1. The summed E-state index contributed by atoms with van der Waals surface area (Å²) < 4.78 is 49.9. The monoisotopic (exact) mass is 1600 g/mol. The van der Waals surface area contributed by atoms with Crippen LogP contribution in [0.5, 0.6) is 23.0 Å². The molecule has 0 bridgehead atoms. The average Bonchev–Trinajstić information content (AvgIpc) is 1.63. The highest BCUT2D eigenvalue weighted by molar-refractivity contribution is 7.15. The molecule has 1 saturated carbocycles. The third-order valence-electron chi connectivity index (χ3n) is 19.8. The van der Waals surface area contributed by atoms with Crippen LogP contribution in [0.25, 0.3) is 124 Å². The van der Waals surface area contributed by atoms with Gasteiger partial charge in [-0.05, 0) is 227 Å². The van der Waals surface area contributed by atoms with Gasteiger partial charge in [-0.3, -0.25) is 15.0 Å². The molecule has 119 heavy (non-hydrogen) atoms. The minimum absolute atomic E-state index is 0.387. The van der Waals surface area contributed by atoms with Crippen LogP contribution in [0.15, 0.2) is 272 Å². The minimum atomic E-state index is 0.387. The lowest BCUT2D eigenvalue weighted by Gasteiger charge is -2.26. The van der Waals surface area contributed by atoms with E-state index >= 15 is 0 Å². The highest BCUT2D eigenvalue weighted by Crippen LogP contribution is 2.42. The first kappa shape index (κ1) is 80.1. The molecule has 2 N–H and O–H groups in total. The van der Waals surface area contributed by atoms with E-state index < -0.39 is 0 Å². The molecular formula is C94H89N15O9S. The fourth-order valence-corrected chi connectivity index (χ4v) is 15.1. The number of anilines is 1. The largest absolute Gasteiger partial charge is 0.490 e. The van der Waals surface area contributed by atoms with Crippen LogP contribution in [-0.2, 0) is 12.8 Å². The number of fused-ring (bicyclic) bond motifs is 2. The predicted molar refractivity (Wildman–Crippen MR) is 460 cm³/mol. The second-order valence-electron chi connectivity index (χ2n) is 28.4. The van der Waals surface area contributed by atoms with E-state index in [1.807, 2.05) is 173 Å². The Morgan fingerprint density at radius 1 is 0.412 bits per heavy atom. The number of hydrogen-bond acceptors (Lipinski definition) is 24. The van der Waals surface area contributed by atoms with Gasteiger partial charge in [0.15, 0.2) is 23.0 Å². The number of hydrogen-bond donors (Lipinski definition) is 2. The van der Waals surface area contributed by atoms with Crippen molar-refractivity contribution < 1.29 is 41.6 Å². The van der Waals surface area contributed by atoms with Crippen LogP contribution in [0.4, 0.5) is 5.69 Å². The molecule has 10 aromatic heterocycles. The van der Waals surface area contributed by atoms with Crippen molar-refractivity contribution in [2.24, 2.45) is 5.92 Å². The number of nitrogens with zero attached hydrogens (tertiary/aromatic N) is 13. The van der Waals surface area contributed by atoms with Crippen LogP contribution in [-0.4, -0.2) is 104 Å². The molecule has 19 rings (SSSR count). The van der Waals surface area contributed by atoms with Gasteiger partial charge in [-0.2, -0.15) is 24.9 Å². The molecule has 25 heteroatoms. The number of H-pyrrole nitrogens is 1.